The molecule has 5 heteroatoms. The molecule has 0 atom stereocenters. The van der Waals surface area contributed by atoms with Gasteiger partial charge in [-0.1, -0.05) is 91.0 Å². The minimum Gasteiger partial charge on any atom is -0.456 e. The molecule has 0 aliphatic heterocycles. The second-order valence-corrected chi connectivity index (χ2v) is 11.2. The summed E-state index contributed by atoms with van der Waals surface area (Å²) in [6, 6.07) is 48.4. The Bertz CT molecular complexity index is 2560. The van der Waals surface area contributed by atoms with E-state index >= 15 is 0 Å². The smallest absolute Gasteiger partial charge is 0.136 e. The molecule has 2 aromatic heterocycles. The minimum atomic E-state index is 0.340. The Balaban J connectivity index is 1.25. The quantitative estimate of drug-likeness (QED) is 0.196. The average Bonchev–Trinajstić information content (AvgIpc) is 3.64. The van der Waals surface area contributed by atoms with Gasteiger partial charge < -0.3 is 14.4 Å². The lowest BCUT2D eigenvalue weighted by Gasteiger charge is -2.09. The summed E-state index contributed by atoms with van der Waals surface area (Å²) in [6.45, 7) is 0. The third-order valence-corrected chi connectivity index (χ3v) is 8.31. The van der Waals surface area contributed by atoms with Crippen molar-refractivity contribution in [2.45, 2.75) is 0 Å². The summed E-state index contributed by atoms with van der Waals surface area (Å²) in [6.07, 6.45) is 3.57. The van der Waals surface area contributed by atoms with Gasteiger partial charge in [-0.2, -0.15) is 5.26 Å². The highest BCUT2D eigenvalue weighted by Gasteiger charge is 2.16. The summed E-state index contributed by atoms with van der Waals surface area (Å²) >= 11 is 0. The zero-order chi connectivity index (χ0) is 31.0. The van der Waals surface area contributed by atoms with Crippen LogP contribution in [0.4, 0.5) is 0 Å². The van der Waals surface area contributed by atoms with E-state index in [1.165, 1.54) is 0 Å². The molecular weight excluding hydrogens is 564 g/mol. The Hall–Kier alpha value is -6.51. The van der Waals surface area contributed by atoms with E-state index in [9.17, 15) is 5.26 Å². The highest BCUT2D eigenvalue weighted by Crippen LogP contribution is 2.38. The van der Waals surface area contributed by atoms with Crippen molar-refractivity contribution in [2.24, 2.45) is 4.99 Å². The van der Waals surface area contributed by atoms with Crippen LogP contribution >= 0.6 is 0 Å². The van der Waals surface area contributed by atoms with Gasteiger partial charge in [0, 0.05) is 39.0 Å². The zero-order valence-corrected chi connectivity index (χ0v) is 24.7. The van der Waals surface area contributed by atoms with Crippen LogP contribution in [0, 0.1) is 16.7 Å². The molecule has 1 N–H and O–H groups in total. The van der Waals surface area contributed by atoms with Crippen molar-refractivity contribution in [1.29, 1.82) is 10.7 Å². The van der Waals surface area contributed by atoms with E-state index in [1.54, 1.807) is 18.2 Å². The molecular formula is C41H26N4O. The van der Waals surface area contributed by atoms with Crippen molar-refractivity contribution in [3.8, 4) is 11.8 Å². The number of fused-ring (bicyclic) bond motifs is 6. The van der Waals surface area contributed by atoms with Crippen LogP contribution in [-0.4, -0.2) is 16.5 Å². The number of nitrogens with one attached hydrogen (secondary N) is 1. The number of hydrogen-bond acceptors (Lipinski definition) is 4. The highest BCUT2D eigenvalue weighted by atomic mass is 16.3. The van der Waals surface area contributed by atoms with Crippen LogP contribution in [0.5, 0.6) is 0 Å². The summed E-state index contributed by atoms with van der Waals surface area (Å²) in [5.41, 5.74) is 8.91. The lowest BCUT2D eigenvalue weighted by molar-refractivity contribution is 0.669. The number of aliphatic imine (C=N–C) groups is 1. The molecule has 8 aromatic rings. The first-order valence-corrected chi connectivity index (χ1v) is 15.0. The highest BCUT2D eigenvalue weighted by molar-refractivity contribution is 6.17. The monoisotopic (exact) mass is 590 g/mol. The van der Waals surface area contributed by atoms with Gasteiger partial charge >= 0.3 is 0 Å². The lowest BCUT2D eigenvalue weighted by Crippen LogP contribution is -1.97. The van der Waals surface area contributed by atoms with Gasteiger partial charge in [-0.05, 0) is 65.7 Å². The summed E-state index contributed by atoms with van der Waals surface area (Å²) in [5, 5.41) is 22.7. The van der Waals surface area contributed by atoms with Gasteiger partial charge in [0.05, 0.1) is 34.1 Å². The van der Waals surface area contributed by atoms with Crippen LogP contribution in [0.2, 0.25) is 0 Å². The molecule has 8 rings (SSSR count). The summed E-state index contributed by atoms with van der Waals surface area (Å²) in [7, 11) is 0. The molecule has 0 bridgehead atoms. The van der Waals surface area contributed by atoms with Crippen LogP contribution in [0.15, 0.2) is 155 Å². The first-order valence-electron chi connectivity index (χ1n) is 15.0. The fourth-order valence-corrected chi connectivity index (χ4v) is 6.13. The number of nitriles is 1. The molecule has 5 nitrogen and oxygen atoms in total. The molecule has 0 aliphatic carbocycles. The van der Waals surface area contributed by atoms with Crippen LogP contribution in [0.1, 0.15) is 22.3 Å². The van der Waals surface area contributed by atoms with E-state index in [-0.39, 0.29) is 0 Å². The van der Waals surface area contributed by atoms with Gasteiger partial charge in [0.1, 0.15) is 11.2 Å². The average molecular weight is 591 g/mol. The van der Waals surface area contributed by atoms with Crippen molar-refractivity contribution >= 4 is 61.4 Å². The first-order chi connectivity index (χ1) is 22.7. The number of allylic oxidation sites excluding steroid dienone is 1. The summed E-state index contributed by atoms with van der Waals surface area (Å²) in [5.74, 6) is 0. The Morgan fingerprint density at radius 2 is 1.41 bits per heavy atom. The maximum atomic E-state index is 9.52. The minimum absolute atomic E-state index is 0.340. The van der Waals surface area contributed by atoms with Crippen LogP contribution in [-0.2, 0) is 0 Å². The van der Waals surface area contributed by atoms with Gasteiger partial charge in [0.25, 0.3) is 0 Å². The molecule has 0 saturated carbocycles. The number of aromatic nitrogens is 1. The molecule has 0 saturated heterocycles. The maximum Gasteiger partial charge on any atom is 0.136 e. The van der Waals surface area contributed by atoms with Gasteiger partial charge in [0.2, 0.25) is 0 Å². The van der Waals surface area contributed by atoms with E-state index in [0.29, 0.717) is 17.0 Å². The van der Waals surface area contributed by atoms with E-state index in [2.05, 4.69) is 65.2 Å². The molecule has 0 unspecified atom stereocenters. The van der Waals surface area contributed by atoms with Crippen LogP contribution in [0.25, 0.3) is 55.1 Å². The second-order valence-electron chi connectivity index (χ2n) is 11.2. The third-order valence-electron chi connectivity index (χ3n) is 8.31. The molecule has 0 radical (unpaired) electrons. The van der Waals surface area contributed by atoms with Crippen LogP contribution < -0.4 is 0 Å². The Labute approximate surface area is 265 Å². The Kier molecular flexibility index (Phi) is 6.59. The first kappa shape index (κ1) is 27.1. The number of nitrogens with zero attached hydrogens (tertiary/aromatic N) is 3. The fourth-order valence-electron chi connectivity index (χ4n) is 6.13. The number of rotatable bonds is 6. The second kappa shape index (κ2) is 11.2. The molecule has 46 heavy (non-hydrogen) atoms. The Morgan fingerprint density at radius 1 is 0.652 bits per heavy atom. The number of hydrogen-bond donors (Lipinski definition) is 1. The Morgan fingerprint density at radius 3 is 2.28 bits per heavy atom. The predicted octanol–water partition coefficient (Wildman–Crippen LogP) is 10.1. The zero-order valence-electron chi connectivity index (χ0n) is 24.7. The van der Waals surface area contributed by atoms with Gasteiger partial charge in [0.15, 0.2) is 0 Å². The third kappa shape index (κ3) is 4.75. The molecule has 2 heterocycles. The molecule has 0 aliphatic rings. The SMILES string of the molecule is N#Cc1cccc(C(=C/C(=N)c2ccccc2)/N=C/c2cccc(-n3c4ccccc4c4cc5oc6ccccc6c5cc43)c2)c1. The van der Waals surface area contributed by atoms with E-state index < -0.39 is 0 Å². The van der Waals surface area contributed by atoms with Crippen molar-refractivity contribution in [1.82, 2.24) is 4.57 Å². The number of furan rings is 1. The van der Waals surface area contributed by atoms with Gasteiger partial charge in [-0.25, -0.2) is 0 Å². The van der Waals surface area contributed by atoms with E-state index in [0.717, 1.165) is 66.1 Å². The van der Waals surface area contributed by atoms with Crippen molar-refractivity contribution in [2.75, 3.05) is 0 Å². The van der Waals surface area contributed by atoms with Gasteiger partial charge in [-0.15, -0.1) is 0 Å². The molecule has 0 spiro atoms. The standard InChI is InChI=1S/C41H26N4O/c42-25-27-10-8-14-30(20-27)37(24-36(43)29-12-2-1-3-13-29)44-26-28-11-9-15-31(21-28)45-38-18-6-4-16-32(38)34-23-41-35(22-39(34)45)33-17-5-7-19-40(33)46-41/h1-24,26,43H/b37-24-,43-36?,44-26+. The van der Waals surface area contributed by atoms with E-state index in [1.807, 2.05) is 79.0 Å². The van der Waals surface area contributed by atoms with Crippen molar-refractivity contribution in [3.63, 3.8) is 0 Å². The number of para-hydroxylation sites is 2. The maximum absolute atomic E-state index is 9.52. The summed E-state index contributed by atoms with van der Waals surface area (Å²) in [4.78, 5) is 4.88. The van der Waals surface area contributed by atoms with Crippen LogP contribution in [0.3, 0.4) is 0 Å². The number of benzene rings is 6. The molecule has 216 valence electrons. The largest absolute Gasteiger partial charge is 0.456 e. The van der Waals surface area contributed by atoms with Gasteiger partial charge in [-0.3, -0.25) is 4.99 Å². The topological polar surface area (TPSA) is 78.1 Å². The summed E-state index contributed by atoms with van der Waals surface area (Å²) < 4.78 is 8.53. The molecule has 0 fully saturated rings. The van der Waals surface area contributed by atoms with Crippen molar-refractivity contribution in [3.05, 3.63) is 168 Å². The van der Waals surface area contributed by atoms with E-state index in [4.69, 9.17) is 14.8 Å². The fraction of sp³-hybridized carbons (Fsp3) is 0. The molecule has 0 amide bonds. The lowest BCUT2D eigenvalue weighted by atomic mass is 10.0. The van der Waals surface area contributed by atoms with Crippen molar-refractivity contribution < 1.29 is 4.42 Å². The predicted molar refractivity (Wildman–Crippen MR) is 188 cm³/mol. The normalized spacial score (nSPS) is 12.0. The molecule has 6 aromatic carbocycles.